The largest absolute Gasteiger partial charge is 0.333 e. The van der Waals surface area contributed by atoms with E-state index in [9.17, 15) is 0 Å². The summed E-state index contributed by atoms with van der Waals surface area (Å²) in [4.78, 5) is 4.58. The highest BCUT2D eigenvalue weighted by atomic mass is 79.9. The van der Waals surface area contributed by atoms with Crippen LogP contribution in [0.1, 0.15) is 44.1 Å². The van der Waals surface area contributed by atoms with E-state index in [4.69, 9.17) is 0 Å². The zero-order chi connectivity index (χ0) is 14.4. The first kappa shape index (κ1) is 15.3. The maximum absolute atomic E-state index is 4.58. The predicted octanol–water partition coefficient (Wildman–Crippen LogP) is 4.14. The average Bonchev–Trinajstić information content (AvgIpc) is 2.90. The van der Waals surface area contributed by atoms with Crippen LogP contribution in [0.25, 0.3) is 0 Å². The number of hydrogen-bond acceptors (Lipinski definition) is 2. The molecule has 0 fully saturated rings. The van der Waals surface area contributed by atoms with Gasteiger partial charge in [0, 0.05) is 23.4 Å². The zero-order valence-corrected chi connectivity index (χ0v) is 13.7. The van der Waals surface area contributed by atoms with Gasteiger partial charge in [0.05, 0.1) is 6.04 Å². The minimum atomic E-state index is 0.157. The molecule has 0 saturated carbocycles. The third-order valence-electron chi connectivity index (χ3n) is 3.27. The second-order valence-corrected chi connectivity index (χ2v) is 5.83. The van der Waals surface area contributed by atoms with Crippen molar-refractivity contribution >= 4 is 15.9 Å². The zero-order valence-electron chi connectivity index (χ0n) is 12.1. The Morgan fingerprint density at radius 3 is 2.60 bits per heavy atom. The molecule has 4 heteroatoms. The molecule has 3 nitrogen and oxygen atoms in total. The lowest BCUT2D eigenvalue weighted by Crippen LogP contribution is -2.26. The summed E-state index contributed by atoms with van der Waals surface area (Å²) in [5.41, 5.74) is 1.25. The van der Waals surface area contributed by atoms with Crippen molar-refractivity contribution in [1.29, 1.82) is 0 Å². The van der Waals surface area contributed by atoms with Gasteiger partial charge >= 0.3 is 0 Å². The van der Waals surface area contributed by atoms with Crippen molar-refractivity contribution < 1.29 is 0 Å². The van der Waals surface area contributed by atoms with Gasteiger partial charge in [0.25, 0.3) is 0 Å². The molecule has 108 valence electrons. The van der Waals surface area contributed by atoms with Gasteiger partial charge in [-0.2, -0.15) is 0 Å². The second-order valence-electron chi connectivity index (χ2n) is 4.92. The number of benzene rings is 1. The van der Waals surface area contributed by atoms with Gasteiger partial charge in [-0.15, -0.1) is 0 Å². The van der Waals surface area contributed by atoms with Crippen molar-refractivity contribution in [2.45, 2.75) is 39.3 Å². The Morgan fingerprint density at radius 2 is 1.95 bits per heavy atom. The van der Waals surface area contributed by atoms with Crippen LogP contribution in [0.5, 0.6) is 0 Å². The number of rotatable bonds is 7. The van der Waals surface area contributed by atoms with Crippen molar-refractivity contribution in [3.8, 4) is 0 Å². The van der Waals surface area contributed by atoms with Crippen LogP contribution in [-0.4, -0.2) is 16.1 Å². The van der Waals surface area contributed by atoms with E-state index in [0.717, 1.165) is 36.2 Å². The Hall–Kier alpha value is -1.13. The molecule has 2 aromatic rings. The molecule has 0 bridgehead atoms. The third kappa shape index (κ3) is 3.70. The summed E-state index contributed by atoms with van der Waals surface area (Å²) in [5.74, 6) is 1.10. The maximum Gasteiger partial charge on any atom is 0.130 e. The molecule has 1 N–H and O–H groups in total. The molecular formula is C16H22BrN3. The monoisotopic (exact) mass is 335 g/mol. The lowest BCUT2D eigenvalue weighted by atomic mass is 10.1. The molecule has 0 aliphatic heterocycles. The summed E-state index contributed by atoms with van der Waals surface area (Å²) < 4.78 is 3.35. The Morgan fingerprint density at radius 1 is 1.20 bits per heavy atom. The number of aryl methyl sites for hydroxylation is 1. The minimum absolute atomic E-state index is 0.157. The number of halogens is 1. The van der Waals surface area contributed by atoms with E-state index in [1.807, 2.05) is 6.20 Å². The fourth-order valence-electron chi connectivity index (χ4n) is 2.31. The Bertz CT molecular complexity index is 519. The predicted molar refractivity (Wildman–Crippen MR) is 86.8 cm³/mol. The quantitative estimate of drug-likeness (QED) is 0.823. The normalized spacial score (nSPS) is 12.6. The summed E-state index contributed by atoms with van der Waals surface area (Å²) in [6, 6.07) is 8.64. The van der Waals surface area contributed by atoms with Gasteiger partial charge in [-0.05, 0) is 37.1 Å². The van der Waals surface area contributed by atoms with Gasteiger partial charge in [-0.25, -0.2) is 4.98 Å². The van der Waals surface area contributed by atoms with Crippen LogP contribution in [0.4, 0.5) is 0 Å². The Kier molecular flexibility index (Phi) is 5.80. The fraction of sp³-hybridized carbons (Fsp3) is 0.438. The molecular weight excluding hydrogens is 314 g/mol. The van der Waals surface area contributed by atoms with Crippen LogP contribution < -0.4 is 5.32 Å². The van der Waals surface area contributed by atoms with Crippen LogP contribution in [0.3, 0.4) is 0 Å². The molecule has 1 heterocycles. The lowest BCUT2D eigenvalue weighted by Gasteiger charge is -2.20. The average molecular weight is 336 g/mol. The van der Waals surface area contributed by atoms with E-state index in [1.54, 1.807) is 0 Å². The van der Waals surface area contributed by atoms with E-state index < -0.39 is 0 Å². The highest BCUT2D eigenvalue weighted by Crippen LogP contribution is 2.23. The summed E-state index contributed by atoms with van der Waals surface area (Å²) in [7, 11) is 0. The Labute approximate surface area is 129 Å². The van der Waals surface area contributed by atoms with Crippen LogP contribution in [0.2, 0.25) is 0 Å². The van der Waals surface area contributed by atoms with Crippen molar-refractivity contribution in [2.24, 2.45) is 0 Å². The highest BCUT2D eigenvalue weighted by Gasteiger charge is 2.18. The summed E-state index contributed by atoms with van der Waals surface area (Å²) >= 11 is 3.49. The highest BCUT2D eigenvalue weighted by molar-refractivity contribution is 9.10. The van der Waals surface area contributed by atoms with Crippen molar-refractivity contribution in [3.05, 3.63) is 52.5 Å². The molecule has 1 atom stereocenters. The summed E-state index contributed by atoms with van der Waals surface area (Å²) in [6.45, 7) is 6.37. The molecule has 20 heavy (non-hydrogen) atoms. The van der Waals surface area contributed by atoms with Gasteiger partial charge in [0.2, 0.25) is 0 Å². The first-order valence-electron chi connectivity index (χ1n) is 7.26. The molecule has 0 radical (unpaired) electrons. The second kappa shape index (κ2) is 7.60. The molecule has 0 aliphatic rings. The molecule has 1 aromatic carbocycles. The van der Waals surface area contributed by atoms with Crippen LogP contribution in [-0.2, 0) is 6.54 Å². The van der Waals surface area contributed by atoms with E-state index >= 15 is 0 Å². The molecule has 0 spiro atoms. The topological polar surface area (TPSA) is 29.9 Å². The van der Waals surface area contributed by atoms with Crippen LogP contribution in [0, 0.1) is 0 Å². The molecule has 0 saturated heterocycles. The molecule has 1 unspecified atom stereocenters. The van der Waals surface area contributed by atoms with Gasteiger partial charge < -0.3 is 9.88 Å². The van der Waals surface area contributed by atoms with Crippen LogP contribution >= 0.6 is 15.9 Å². The smallest absolute Gasteiger partial charge is 0.130 e. The van der Waals surface area contributed by atoms with Crippen molar-refractivity contribution in [2.75, 3.05) is 6.54 Å². The summed E-state index contributed by atoms with van der Waals surface area (Å²) in [6.07, 6.45) is 6.19. The van der Waals surface area contributed by atoms with E-state index in [-0.39, 0.29) is 6.04 Å². The summed E-state index contributed by atoms with van der Waals surface area (Å²) in [5, 5.41) is 3.61. The lowest BCUT2D eigenvalue weighted by molar-refractivity contribution is 0.530. The molecule has 0 amide bonds. The van der Waals surface area contributed by atoms with E-state index in [2.05, 4.69) is 75.1 Å². The van der Waals surface area contributed by atoms with Crippen molar-refractivity contribution in [3.63, 3.8) is 0 Å². The first-order chi connectivity index (χ1) is 9.76. The number of imidazole rings is 1. The number of hydrogen-bond donors (Lipinski definition) is 1. The molecule has 0 aliphatic carbocycles. The fourth-order valence-corrected chi connectivity index (χ4v) is 2.58. The maximum atomic E-state index is 4.58. The number of aromatic nitrogens is 2. The standard InChI is InChI=1S/C16H22BrN3/c1-3-9-18-15(13-5-7-14(17)8-6-13)16-19-10-12-20(16)11-4-2/h5-8,10,12,15,18H,3-4,9,11H2,1-2H3. The van der Waals surface area contributed by atoms with Gasteiger partial charge in [0.1, 0.15) is 5.82 Å². The minimum Gasteiger partial charge on any atom is -0.333 e. The number of nitrogens with zero attached hydrogens (tertiary/aromatic N) is 2. The number of nitrogens with one attached hydrogen (secondary N) is 1. The van der Waals surface area contributed by atoms with E-state index in [1.165, 1.54) is 5.56 Å². The first-order valence-corrected chi connectivity index (χ1v) is 8.05. The van der Waals surface area contributed by atoms with Gasteiger partial charge in [0.15, 0.2) is 0 Å². The third-order valence-corrected chi connectivity index (χ3v) is 3.80. The van der Waals surface area contributed by atoms with Gasteiger partial charge in [-0.1, -0.05) is 41.9 Å². The van der Waals surface area contributed by atoms with Gasteiger partial charge in [-0.3, -0.25) is 0 Å². The molecule has 2 rings (SSSR count). The SMILES string of the molecule is CCCNC(c1ccc(Br)cc1)c1nccn1CCC. The van der Waals surface area contributed by atoms with Crippen molar-refractivity contribution in [1.82, 2.24) is 14.9 Å². The molecule has 1 aromatic heterocycles. The van der Waals surface area contributed by atoms with E-state index in [0.29, 0.717) is 0 Å². The van der Waals surface area contributed by atoms with Crippen LogP contribution in [0.15, 0.2) is 41.1 Å². The Balaban J connectivity index is 2.31.